The summed E-state index contributed by atoms with van der Waals surface area (Å²) in [7, 11) is 0. The van der Waals surface area contributed by atoms with E-state index in [-0.39, 0.29) is 6.10 Å². The van der Waals surface area contributed by atoms with Gasteiger partial charge in [-0.05, 0) is 37.3 Å². The summed E-state index contributed by atoms with van der Waals surface area (Å²) >= 11 is 0. The molecule has 1 saturated heterocycles. The van der Waals surface area contributed by atoms with Gasteiger partial charge in [0.05, 0.1) is 6.10 Å². The van der Waals surface area contributed by atoms with Gasteiger partial charge >= 0.3 is 0 Å². The standard InChI is InChI=1S/C16H23NO/c18-16-9-5-4-8-15(16)17-11-10-14(12-17)13-6-2-1-3-7-13/h1-3,6-7,14-16,18H,4-5,8-12H2/t14-,15+,16-/m0/s1. The summed E-state index contributed by atoms with van der Waals surface area (Å²) in [5.41, 5.74) is 1.46. The molecule has 2 nitrogen and oxygen atoms in total. The lowest BCUT2D eigenvalue weighted by Crippen LogP contribution is -2.44. The van der Waals surface area contributed by atoms with Crippen LogP contribution in [0.25, 0.3) is 0 Å². The molecule has 0 unspecified atom stereocenters. The maximum absolute atomic E-state index is 10.1. The van der Waals surface area contributed by atoms with E-state index in [1.165, 1.54) is 31.2 Å². The fourth-order valence-corrected chi connectivity index (χ4v) is 3.60. The van der Waals surface area contributed by atoms with Crippen molar-refractivity contribution < 1.29 is 5.11 Å². The summed E-state index contributed by atoms with van der Waals surface area (Å²) in [6.45, 7) is 2.28. The van der Waals surface area contributed by atoms with Crippen LogP contribution in [0.2, 0.25) is 0 Å². The van der Waals surface area contributed by atoms with E-state index in [4.69, 9.17) is 0 Å². The molecule has 18 heavy (non-hydrogen) atoms. The summed E-state index contributed by atoms with van der Waals surface area (Å²) in [6.07, 6.45) is 5.82. The van der Waals surface area contributed by atoms with Crippen LogP contribution in [0.15, 0.2) is 30.3 Å². The van der Waals surface area contributed by atoms with Crippen LogP contribution in [0, 0.1) is 0 Å². The highest BCUT2D eigenvalue weighted by Crippen LogP contribution is 2.32. The van der Waals surface area contributed by atoms with Crippen LogP contribution in [0.5, 0.6) is 0 Å². The van der Waals surface area contributed by atoms with Gasteiger partial charge in [0.1, 0.15) is 0 Å². The van der Waals surface area contributed by atoms with Crippen molar-refractivity contribution in [3.63, 3.8) is 0 Å². The lowest BCUT2D eigenvalue weighted by atomic mass is 9.91. The first kappa shape index (κ1) is 12.2. The van der Waals surface area contributed by atoms with Crippen LogP contribution < -0.4 is 0 Å². The van der Waals surface area contributed by atoms with Crippen molar-refractivity contribution in [1.29, 1.82) is 0 Å². The van der Waals surface area contributed by atoms with E-state index in [2.05, 4.69) is 35.2 Å². The Labute approximate surface area is 110 Å². The molecule has 2 aliphatic rings. The molecule has 3 atom stereocenters. The average molecular weight is 245 g/mol. The van der Waals surface area contributed by atoms with Crippen LogP contribution in [-0.2, 0) is 0 Å². The molecule has 98 valence electrons. The fraction of sp³-hybridized carbons (Fsp3) is 0.625. The molecule has 1 aromatic rings. The summed E-state index contributed by atoms with van der Waals surface area (Å²) in [5.74, 6) is 0.667. The van der Waals surface area contributed by atoms with Crippen LogP contribution in [0.4, 0.5) is 0 Å². The van der Waals surface area contributed by atoms with Crippen LogP contribution >= 0.6 is 0 Å². The Hall–Kier alpha value is -0.860. The van der Waals surface area contributed by atoms with Gasteiger partial charge in [-0.3, -0.25) is 4.90 Å². The summed E-state index contributed by atoms with van der Waals surface area (Å²) < 4.78 is 0. The number of likely N-dealkylation sites (tertiary alicyclic amines) is 1. The maximum atomic E-state index is 10.1. The molecule has 0 spiro atoms. The Morgan fingerprint density at radius 3 is 2.56 bits per heavy atom. The molecule has 1 aliphatic carbocycles. The van der Waals surface area contributed by atoms with E-state index in [0.717, 1.165) is 19.5 Å². The molecule has 1 saturated carbocycles. The van der Waals surface area contributed by atoms with Crippen molar-refractivity contribution in [1.82, 2.24) is 4.90 Å². The second-order valence-electron chi connectivity index (χ2n) is 5.81. The zero-order valence-corrected chi connectivity index (χ0v) is 11.0. The van der Waals surface area contributed by atoms with E-state index in [0.29, 0.717) is 12.0 Å². The van der Waals surface area contributed by atoms with E-state index in [1.54, 1.807) is 0 Å². The normalized spacial score (nSPS) is 33.7. The highest BCUT2D eigenvalue weighted by Gasteiger charge is 2.33. The van der Waals surface area contributed by atoms with Gasteiger partial charge < -0.3 is 5.11 Å². The maximum Gasteiger partial charge on any atom is 0.0695 e. The number of benzene rings is 1. The topological polar surface area (TPSA) is 23.5 Å². The first-order valence-corrected chi connectivity index (χ1v) is 7.31. The smallest absolute Gasteiger partial charge is 0.0695 e. The number of nitrogens with zero attached hydrogens (tertiary/aromatic N) is 1. The monoisotopic (exact) mass is 245 g/mol. The van der Waals surface area contributed by atoms with E-state index in [1.807, 2.05) is 0 Å². The first-order chi connectivity index (χ1) is 8.84. The Bertz CT molecular complexity index is 378. The molecular formula is C16H23NO. The molecule has 2 heteroatoms. The van der Waals surface area contributed by atoms with Crippen molar-refractivity contribution in [2.75, 3.05) is 13.1 Å². The van der Waals surface area contributed by atoms with E-state index < -0.39 is 0 Å². The number of aliphatic hydroxyl groups excluding tert-OH is 1. The molecule has 1 aliphatic heterocycles. The van der Waals surface area contributed by atoms with Gasteiger partial charge in [0.15, 0.2) is 0 Å². The van der Waals surface area contributed by atoms with E-state index >= 15 is 0 Å². The highest BCUT2D eigenvalue weighted by atomic mass is 16.3. The Morgan fingerprint density at radius 2 is 1.78 bits per heavy atom. The molecule has 3 rings (SSSR count). The zero-order chi connectivity index (χ0) is 12.4. The predicted octanol–water partition coefficient (Wildman–Crippen LogP) is 2.78. The van der Waals surface area contributed by atoms with Crippen LogP contribution in [0.1, 0.15) is 43.6 Å². The molecule has 2 fully saturated rings. The van der Waals surface area contributed by atoms with Gasteiger partial charge in [-0.15, -0.1) is 0 Å². The molecule has 0 aromatic heterocycles. The second-order valence-corrected chi connectivity index (χ2v) is 5.81. The molecule has 1 N–H and O–H groups in total. The Kier molecular flexibility index (Phi) is 3.67. The lowest BCUT2D eigenvalue weighted by Gasteiger charge is -2.35. The number of rotatable bonds is 2. The van der Waals surface area contributed by atoms with Gasteiger partial charge in [-0.2, -0.15) is 0 Å². The van der Waals surface area contributed by atoms with Crippen molar-refractivity contribution in [3.05, 3.63) is 35.9 Å². The summed E-state index contributed by atoms with van der Waals surface area (Å²) in [6, 6.07) is 11.3. The van der Waals surface area contributed by atoms with Crippen molar-refractivity contribution >= 4 is 0 Å². The van der Waals surface area contributed by atoms with Crippen molar-refractivity contribution in [3.8, 4) is 0 Å². The molecular weight excluding hydrogens is 222 g/mol. The average Bonchev–Trinajstić information content (AvgIpc) is 2.90. The van der Waals surface area contributed by atoms with Crippen LogP contribution in [0.3, 0.4) is 0 Å². The second kappa shape index (κ2) is 5.41. The minimum Gasteiger partial charge on any atom is -0.391 e. The van der Waals surface area contributed by atoms with Gasteiger partial charge in [0, 0.05) is 12.6 Å². The molecule has 0 amide bonds. The van der Waals surface area contributed by atoms with Gasteiger partial charge in [0.25, 0.3) is 0 Å². The third-order valence-electron chi connectivity index (χ3n) is 4.65. The largest absolute Gasteiger partial charge is 0.391 e. The number of hydrogen-bond donors (Lipinski definition) is 1. The Morgan fingerprint density at radius 1 is 1.00 bits per heavy atom. The molecule has 0 radical (unpaired) electrons. The van der Waals surface area contributed by atoms with Crippen molar-refractivity contribution in [2.45, 2.75) is 50.2 Å². The number of hydrogen-bond acceptors (Lipinski definition) is 2. The van der Waals surface area contributed by atoms with Crippen LogP contribution in [-0.4, -0.2) is 35.2 Å². The third kappa shape index (κ3) is 2.45. The Balaban J connectivity index is 1.64. The highest BCUT2D eigenvalue weighted by molar-refractivity contribution is 5.21. The lowest BCUT2D eigenvalue weighted by molar-refractivity contribution is 0.0305. The van der Waals surface area contributed by atoms with Gasteiger partial charge in [0.2, 0.25) is 0 Å². The fourth-order valence-electron chi connectivity index (χ4n) is 3.60. The SMILES string of the molecule is O[C@H]1CCCC[C@H]1N1CC[C@H](c2ccccc2)C1. The summed E-state index contributed by atoms with van der Waals surface area (Å²) in [4.78, 5) is 2.53. The minimum atomic E-state index is -0.0896. The molecule has 1 aromatic carbocycles. The predicted molar refractivity (Wildman–Crippen MR) is 73.6 cm³/mol. The molecule has 0 bridgehead atoms. The first-order valence-electron chi connectivity index (χ1n) is 7.31. The van der Waals surface area contributed by atoms with E-state index in [9.17, 15) is 5.11 Å². The van der Waals surface area contributed by atoms with Gasteiger partial charge in [-0.1, -0.05) is 43.2 Å². The minimum absolute atomic E-state index is 0.0896. The quantitative estimate of drug-likeness (QED) is 0.866. The molecule has 1 heterocycles. The summed E-state index contributed by atoms with van der Waals surface area (Å²) in [5, 5.41) is 10.1. The van der Waals surface area contributed by atoms with Gasteiger partial charge in [-0.25, -0.2) is 0 Å². The number of aliphatic hydroxyl groups is 1. The van der Waals surface area contributed by atoms with Crippen molar-refractivity contribution in [2.24, 2.45) is 0 Å². The third-order valence-corrected chi connectivity index (χ3v) is 4.65. The zero-order valence-electron chi connectivity index (χ0n) is 11.0.